The van der Waals surface area contributed by atoms with Gasteiger partial charge >= 0.3 is 5.97 Å². The molecular formula is C11H16O4. The molecule has 2 heterocycles. The summed E-state index contributed by atoms with van der Waals surface area (Å²) in [7, 11) is 0. The monoisotopic (exact) mass is 212 g/mol. The fourth-order valence-electron chi connectivity index (χ4n) is 2.98. The smallest absolute Gasteiger partial charge is 0.312 e. The van der Waals surface area contributed by atoms with E-state index in [0.29, 0.717) is 19.6 Å². The van der Waals surface area contributed by atoms with Crippen molar-refractivity contribution in [3.8, 4) is 0 Å². The standard InChI is InChI=1S/C11H16O4/c12-10-11(7-9-13-4-5-14-9)3-1-2-8(6-11)15-10/h8-9H,1-7H2/t8-,11+/m0/s1. The maximum Gasteiger partial charge on any atom is 0.312 e. The molecule has 4 nitrogen and oxygen atoms in total. The molecule has 1 saturated carbocycles. The molecular weight excluding hydrogens is 196 g/mol. The van der Waals surface area contributed by atoms with Crippen LogP contribution in [0.15, 0.2) is 0 Å². The third-order valence-electron chi connectivity index (χ3n) is 3.75. The maximum absolute atomic E-state index is 11.8. The minimum Gasteiger partial charge on any atom is -0.462 e. The third-order valence-corrected chi connectivity index (χ3v) is 3.75. The Morgan fingerprint density at radius 1 is 1.33 bits per heavy atom. The van der Waals surface area contributed by atoms with Gasteiger partial charge in [0.2, 0.25) is 0 Å². The van der Waals surface area contributed by atoms with Crippen LogP contribution in [0.5, 0.6) is 0 Å². The van der Waals surface area contributed by atoms with Gasteiger partial charge in [-0.3, -0.25) is 4.79 Å². The summed E-state index contributed by atoms with van der Waals surface area (Å²) in [5.74, 6) is -0.0240. The number of carbonyl (C=O) groups excluding carboxylic acids is 1. The van der Waals surface area contributed by atoms with Crippen molar-refractivity contribution in [3.05, 3.63) is 0 Å². The van der Waals surface area contributed by atoms with Crippen LogP contribution in [-0.4, -0.2) is 31.6 Å². The minimum atomic E-state index is -0.294. The summed E-state index contributed by atoms with van der Waals surface area (Å²) in [5.41, 5.74) is -0.294. The third kappa shape index (κ3) is 1.56. The van der Waals surface area contributed by atoms with Crippen molar-refractivity contribution >= 4 is 5.97 Å². The average molecular weight is 212 g/mol. The van der Waals surface area contributed by atoms with E-state index in [1.54, 1.807) is 0 Å². The Bertz CT molecular complexity index is 272. The van der Waals surface area contributed by atoms with Crippen molar-refractivity contribution in [2.45, 2.75) is 44.5 Å². The van der Waals surface area contributed by atoms with Gasteiger partial charge in [-0.1, -0.05) is 0 Å². The summed E-state index contributed by atoms with van der Waals surface area (Å²) < 4.78 is 16.2. The molecule has 3 rings (SSSR count). The van der Waals surface area contributed by atoms with Gasteiger partial charge < -0.3 is 14.2 Å². The first-order chi connectivity index (χ1) is 7.28. The van der Waals surface area contributed by atoms with Crippen LogP contribution in [0.4, 0.5) is 0 Å². The van der Waals surface area contributed by atoms with Crippen molar-refractivity contribution in [2.75, 3.05) is 13.2 Å². The SMILES string of the molecule is O=C1O[C@H]2CCC[C@]1(CC1OCCO1)C2. The van der Waals surface area contributed by atoms with Crippen LogP contribution in [0.1, 0.15) is 32.1 Å². The van der Waals surface area contributed by atoms with Crippen LogP contribution in [-0.2, 0) is 19.0 Å². The molecule has 2 bridgehead atoms. The van der Waals surface area contributed by atoms with Crippen LogP contribution in [0, 0.1) is 5.41 Å². The summed E-state index contributed by atoms with van der Waals surface area (Å²) in [4.78, 5) is 11.8. The van der Waals surface area contributed by atoms with Crippen molar-refractivity contribution in [3.63, 3.8) is 0 Å². The van der Waals surface area contributed by atoms with E-state index in [9.17, 15) is 4.79 Å². The van der Waals surface area contributed by atoms with Gasteiger partial charge in [-0.2, -0.15) is 0 Å². The van der Waals surface area contributed by atoms with E-state index in [4.69, 9.17) is 14.2 Å². The maximum atomic E-state index is 11.8. The zero-order valence-electron chi connectivity index (χ0n) is 8.74. The molecule has 2 atom stereocenters. The highest BCUT2D eigenvalue weighted by Crippen LogP contribution is 2.48. The molecule has 15 heavy (non-hydrogen) atoms. The number of esters is 1. The second-order valence-corrected chi connectivity index (χ2v) is 4.78. The van der Waals surface area contributed by atoms with Gasteiger partial charge in [0, 0.05) is 12.8 Å². The van der Waals surface area contributed by atoms with Crippen LogP contribution in [0.25, 0.3) is 0 Å². The zero-order valence-corrected chi connectivity index (χ0v) is 8.74. The Balaban J connectivity index is 1.73. The van der Waals surface area contributed by atoms with Gasteiger partial charge in [-0.05, 0) is 19.3 Å². The van der Waals surface area contributed by atoms with Gasteiger partial charge in [0.1, 0.15) is 6.10 Å². The van der Waals surface area contributed by atoms with Crippen molar-refractivity contribution < 1.29 is 19.0 Å². The number of carbonyl (C=O) groups is 1. The van der Waals surface area contributed by atoms with E-state index in [1.807, 2.05) is 0 Å². The van der Waals surface area contributed by atoms with E-state index in [1.165, 1.54) is 0 Å². The van der Waals surface area contributed by atoms with Crippen LogP contribution >= 0.6 is 0 Å². The zero-order chi connectivity index (χ0) is 10.3. The molecule has 2 aliphatic heterocycles. The number of hydrogen-bond donors (Lipinski definition) is 0. The Kier molecular flexibility index (Phi) is 2.21. The lowest BCUT2D eigenvalue weighted by molar-refractivity contribution is -0.152. The predicted octanol–water partition coefficient (Wildman–Crippen LogP) is 1.24. The van der Waals surface area contributed by atoms with Crippen molar-refractivity contribution in [1.29, 1.82) is 0 Å². The Morgan fingerprint density at radius 2 is 2.13 bits per heavy atom. The van der Waals surface area contributed by atoms with Crippen LogP contribution in [0.2, 0.25) is 0 Å². The van der Waals surface area contributed by atoms with E-state index in [-0.39, 0.29) is 23.8 Å². The normalized spacial score (nSPS) is 40.8. The largest absolute Gasteiger partial charge is 0.462 e. The number of hydrogen-bond acceptors (Lipinski definition) is 4. The summed E-state index contributed by atoms with van der Waals surface area (Å²) in [6.45, 7) is 1.30. The Labute approximate surface area is 88.9 Å². The molecule has 3 aliphatic rings. The predicted molar refractivity (Wildman–Crippen MR) is 51.1 cm³/mol. The molecule has 0 aromatic heterocycles. The molecule has 0 aromatic carbocycles. The molecule has 0 radical (unpaired) electrons. The molecule has 0 unspecified atom stereocenters. The quantitative estimate of drug-likeness (QED) is 0.646. The molecule has 0 amide bonds. The van der Waals surface area contributed by atoms with Crippen molar-refractivity contribution in [2.24, 2.45) is 5.41 Å². The molecule has 0 N–H and O–H groups in total. The first-order valence-electron chi connectivity index (χ1n) is 5.73. The van der Waals surface area contributed by atoms with Gasteiger partial charge in [0.15, 0.2) is 6.29 Å². The fourth-order valence-corrected chi connectivity index (χ4v) is 2.98. The van der Waals surface area contributed by atoms with E-state index in [2.05, 4.69) is 0 Å². The van der Waals surface area contributed by atoms with E-state index >= 15 is 0 Å². The summed E-state index contributed by atoms with van der Waals surface area (Å²) >= 11 is 0. The highest BCUT2D eigenvalue weighted by atomic mass is 16.7. The molecule has 4 heteroatoms. The molecule has 0 spiro atoms. The lowest BCUT2D eigenvalue weighted by atomic mass is 9.73. The Morgan fingerprint density at radius 3 is 2.93 bits per heavy atom. The Hall–Kier alpha value is -0.610. The van der Waals surface area contributed by atoms with E-state index < -0.39 is 0 Å². The van der Waals surface area contributed by atoms with Gasteiger partial charge in [-0.15, -0.1) is 0 Å². The van der Waals surface area contributed by atoms with Gasteiger partial charge in [-0.25, -0.2) is 0 Å². The first kappa shape index (κ1) is 9.60. The summed E-state index contributed by atoms with van der Waals surface area (Å²) in [6.07, 6.45) is 4.58. The van der Waals surface area contributed by atoms with Gasteiger partial charge in [0.05, 0.1) is 18.6 Å². The van der Waals surface area contributed by atoms with E-state index in [0.717, 1.165) is 25.7 Å². The molecule has 3 fully saturated rings. The topological polar surface area (TPSA) is 44.8 Å². The number of rotatable bonds is 2. The molecule has 84 valence electrons. The molecule has 2 saturated heterocycles. The highest BCUT2D eigenvalue weighted by molar-refractivity contribution is 5.79. The van der Waals surface area contributed by atoms with Gasteiger partial charge in [0.25, 0.3) is 0 Å². The average Bonchev–Trinajstić information content (AvgIpc) is 2.76. The first-order valence-corrected chi connectivity index (χ1v) is 5.73. The number of ether oxygens (including phenoxy) is 3. The second kappa shape index (κ2) is 3.46. The summed E-state index contributed by atoms with van der Waals surface area (Å²) in [5, 5.41) is 0. The minimum absolute atomic E-state index is 0.0240. The lowest BCUT2D eigenvalue weighted by Crippen LogP contribution is -2.33. The van der Waals surface area contributed by atoms with Crippen molar-refractivity contribution in [1.82, 2.24) is 0 Å². The molecule has 0 aromatic rings. The van der Waals surface area contributed by atoms with Crippen LogP contribution < -0.4 is 0 Å². The summed E-state index contributed by atoms with van der Waals surface area (Å²) in [6, 6.07) is 0. The highest BCUT2D eigenvalue weighted by Gasteiger charge is 2.52. The molecule has 1 aliphatic carbocycles. The fraction of sp³-hybridized carbons (Fsp3) is 0.909. The lowest BCUT2D eigenvalue weighted by Gasteiger charge is -2.29. The second-order valence-electron chi connectivity index (χ2n) is 4.78. The van der Waals surface area contributed by atoms with Crippen LogP contribution in [0.3, 0.4) is 0 Å². The number of fused-ring (bicyclic) bond motifs is 2.